The first kappa shape index (κ1) is 15.7. The van der Waals surface area contributed by atoms with E-state index in [1.165, 1.54) is 0 Å². The van der Waals surface area contributed by atoms with Crippen LogP contribution in [0.4, 0.5) is 0 Å². The maximum Gasteiger partial charge on any atom is 2.00 e. The van der Waals surface area contributed by atoms with Crippen molar-refractivity contribution in [3.8, 4) is 11.3 Å². The van der Waals surface area contributed by atoms with E-state index in [1.54, 1.807) is 12.4 Å². The van der Waals surface area contributed by atoms with Crippen molar-refractivity contribution in [1.29, 1.82) is 0 Å². The van der Waals surface area contributed by atoms with Crippen LogP contribution in [0.25, 0.3) is 16.9 Å². The molecule has 0 fully saturated rings. The minimum Gasteiger partial charge on any atom is -0.246 e. The summed E-state index contributed by atoms with van der Waals surface area (Å²) >= 11 is 3.42. The third-order valence-electron chi connectivity index (χ3n) is 2.87. The summed E-state index contributed by atoms with van der Waals surface area (Å²) in [6, 6.07) is 20.1. The number of halogens is 1. The predicted octanol–water partition coefficient (Wildman–Crippen LogP) is 4.28. The van der Waals surface area contributed by atoms with Gasteiger partial charge in [0, 0.05) is 0 Å². The molecule has 2 aromatic carbocycles. The molecule has 106 valence electrons. The Labute approximate surface area is 142 Å². The van der Waals surface area contributed by atoms with Crippen LogP contribution in [0, 0.1) is 0 Å². The van der Waals surface area contributed by atoms with E-state index in [0.29, 0.717) is 0 Å². The fourth-order valence-electron chi connectivity index (χ4n) is 1.95. The van der Waals surface area contributed by atoms with Crippen molar-refractivity contribution >= 4 is 21.6 Å². The standard InChI is InChI=1S/C11H7BrN3.C5H5.Fe/c12-9-7-14-15-10(5-6-13-11(9)15)8-3-1-2-4-8;1-2-4-5-3-1;/h1-7H;1-5H;/q2*-1;+2. The van der Waals surface area contributed by atoms with Crippen molar-refractivity contribution in [2.24, 2.45) is 0 Å². The second-order valence-electron chi connectivity index (χ2n) is 4.19. The topological polar surface area (TPSA) is 30.2 Å². The second-order valence-corrected chi connectivity index (χ2v) is 5.05. The van der Waals surface area contributed by atoms with Crippen LogP contribution in [0.3, 0.4) is 0 Å². The zero-order valence-electron chi connectivity index (χ0n) is 11.0. The maximum absolute atomic E-state index is 4.28. The van der Waals surface area contributed by atoms with E-state index >= 15 is 0 Å². The third-order valence-corrected chi connectivity index (χ3v) is 3.43. The van der Waals surface area contributed by atoms with Crippen LogP contribution in [0.15, 0.2) is 77.5 Å². The molecule has 5 heteroatoms. The van der Waals surface area contributed by atoms with Crippen LogP contribution in [0.5, 0.6) is 0 Å². The largest absolute Gasteiger partial charge is 2.00 e. The number of rotatable bonds is 1. The number of nitrogens with zero attached hydrogens (tertiary/aromatic N) is 3. The van der Waals surface area contributed by atoms with Gasteiger partial charge in [0.2, 0.25) is 0 Å². The Kier molecular flexibility index (Phi) is 5.51. The Bertz CT molecular complexity index is 756. The molecule has 2 heterocycles. The first-order valence-electron chi connectivity index (χ1n) is 6.23. The van der Waals surface area contributed by atoms with Gasteiger partial charge in [-0.05, 0) is 27.8 Å². The van der Waals surface area contributed by atoms with Gasteiger partial charge < -0.3 is 0 Å². The molecular formula is C16H12BrFeN3. The molecule has 0 radical (unpaired) electrons. The minimum absolute atomic E-state index is 0. The molecule has 4 rings (SSSR count). The average Bonchev–Trinajstić information content (AvgIpc) is 3.23. The van der Waals surface area contributed by atoms with Crippen LogP contribution in [-0.4, -0.2) is 14.6 Å². The van der Waals surface area contributed by atoms with Gasteiger partial charge in [-0.3, -0.25) is 0 Å². The number of hydrogen-bond acceptors (Lipinski definition) is 2. The molecule has 0 spiro atoms. The first-order chi connectivity index (χ1) is 9.86. The zero-order valence-corrected chi connectivity index (χ0v) is 13.7. The van der Waals surface area contributed by atoms with Crippen molar-refractivity contribution in [2.45, 2.75) is 0 Å². The molecular weight excluding hydrogens is 370 g/mol. The summed E-state index contributed by atoms with van der Waals surface area (Å²) in [5.74, 6) is 0. The van der Waals surface area contributed by atoms with Crippen molar-refractivity contribution in [3.63, 3.8) is 0 Å². The fraction of sp³-hybridized carbons (Fsp3) is 0. The van der Waals surface area contributed by atoms with E-state index in [4.69, 9.17) is 0 Å². The van der Waals surface area contributed by atoms with Gasteiger partial charge in [-0.25, -0.2) is 21.6 Å². The van der Waals surface area contributed by atoms with E-state index in [0.717, 1.165) is 21.4 Å². The monoisotopic (exact) mass is 381 g/mol. The summed E-state index contributed by atoms with van der Waals surface area (Å²) in [7, 11) is 0. The van der Waals surface area contributed by atoms with Crippen molar-refractivity contribution in [3.05, 3.63) is 77.5 Å². The van der Waals surface area contributed by atoms with Crippen molar-refractivity contribution in [2.75, 3.05) is 0 Å². The Morgan fingerprint density at radius 2 is 1.81 bits per heavy atom. The number of aromatic nitrogens is 3. The Morgan fingerprint density at radius 1 is 1.10 bits per heavy atom. The molecule has 0 aliphatic carbocycles. The van der Waals surface area contributed by atoms with E-state index in [2.05, 4.69) is 38.1 Å². The quantitative estimate of drug-likeness (QED) is 0.364. The van der Waals surface area contributed by atoms with Gasteiger partial charge >= 0.3 is 17.1 Å². The molecule has 0 bridgehead atoms. The van der Waals surface area contributed by atoms with Gasteiger partial charge in [0.25, 0.3) is 0 Å². The molecule has 0 aliphatic heterocycles. The second kappa shape index (κ2) is 7.36. The Hall–Kier alpha value is -1.68. The molecule has 21 heavy (non-hydrogen) atoms. The van der Waals surface area contributed by atoms with Crippen molar-refractivity contribution < 1.29 is 17.1 Å². The van der Waals surface area contributed by atoms with Gasteiger partial charge in [-0.2, -0.15) is 35.4 Å². The fourth-order valence-corrected chi connectivity index (χ4v) is 2.31. The molecule has 0 amide bonds. The maximum atomic E-state index is 4.28. The van der Waals surface area contributed by atoms with Crippen molar-refractivity contribution in [1.82, 2.24) is 14.6 Å². The van der Waals surface area contributed by atoms with E-state index < -0.39 is 0 Å². The summed E-state index contributed by atoms with van der Waals surface area (Å²) in [5, 5.41) is 4.28. The summed E-state index contributed by atoms with van der Waals surface area (Å²) in [4.78, 5) is 4.26. The van der Waals surface area contributed by atoms with E-state index in [9.17, 15) is 0 Å². The molecule has 0 saturated carbocycles. The molecule has 0 unspecified atom stereocenters. The van der Waals surface area contributed by atoms with Gasteiger partial charge in [0.15, 0.2) is 5.65 Å². The van der Waals surface area contributed by atoms with Crippen LogP contribution in [0.2, 0.25) is 0 Å². The molecule has 0 aliphatic rings. The Morgan fingerprint density at radius 3 is 2.43 bits per heavy atom. The predicted molar refractivity (Wildman–Crippen MR) is 83.8 cm³/mol. The molecule has 2 aromatic heterocycles. The Balaban J connectivity index is 0.000000231. The summed E-state index contributed by atoms with van der Waals surface area (Å²) in [6.45, 7) is 0. The smallest absolute Gasteiger partial charge is 0.246 e. The van der Waals surface area contributed by atoms with Crippen LogP contribution in [-0.2, 0) is 17.1 Å². The summed E-state index contributed by atoms with van der Waals surface area (Å²) in [5.41, 5.74) is 3.04. The summed E-state index contributed by atoms with van der Waals surface area (Å²) < 4.78 is 2.75. The zero-order chi connectivity index (χ0) is 13.8. The molecule has 3 nitrogen and oxygen atoms in total. The summed E-state index contributed by atoms with van der Waals surface area (Å²) in [6.07, 6.45) is 3.55. The van der Waals surface area contributed by atoms with E-state index in [-0.39, 0.29) is 17.1 Å². The average molecular weight is 382 g/mol. The molecule has 4 aromatic rings. The normalized spacial score (nSPS) is 9.76. The van der Waals surface area contributed by atoms with Gasteiger partial charge in [0.05, 0.1) is 10.7 Å². The minimum atomic E-state index is 0. The molecule has 0 atom stereocenters. The molecule has 0 saturated heterocycles. The molecule has 0 N–H and O–H groups in total. The SMILES string of the molecule is Brc1cnn2c(-[c-]3cccc3)ccnc12.[Fe+2].c1cc[cH-]c1. The number of fused-ring (bicyclic) bond motifs is 1. The van der Waals surface area contributed by atoms with Gasteiger partial charge in [-0.15, -0.1) is 12.1 Å². The van der Waals surface area contributed by atoms with Gasteiger partial charge in [0.1, 0.15) is 0 Å². The van der Waals surface area contributed by atoms with E-state index in [1.807, 2.05) is 53.0 Å². The first-order valence-corrected chi connectivity index (χ1v) is 7.02. The van der Waals surface area contributed by atoms with Crippen LogP contribution >= 0.6 is 15.9 Å². The third kappa shape index (κ3) is 3.50. The number of hydrogen-bond donors (Lipinski definition) is 0. The van der Waals surface area contributed by atoms with Gasteiger partial charge in [-0.1, -0.05) is 11.6 Å². The van der Waals surface area contributed by atoms with Crippen LogP contribution in [0.1, 0.15) is 0 Å². The van der Waals surface area contributed by atoms with Crippen LogP contribution < -0.4 is 0 Å².